The van der Waals surface area contributed by atoms with Gasteiger partial charge < -0.3 is 10.5 Å². The van der Waals surface area contributed by atoms with E-state index >= 15 is 0 Å². The predicted octanol–water partition coefficient (Wildman–Crippen LogP) is 3.79. The van der Waals surface area contributed by atoms with Gasteiger partial charge in [-0.1, -0.05) is 30.3 Å². The van der Waals surface area contributed by atoms with Gasteiger partial charge in [-0.2, -0.15) is 13.2 Å². The molecule has 0 radical (unpaired) electrons. The highest BCUT2D eigenvalue weighted by Crippen LogP contribution is 2.29. The fourth-order valence-electron chi connectivity index (χ4n) is 1.96. The monoisotopic (exact) mass is 295 g/mol. The third-order valence-corrected chi connectivity index (χ3v) is 3.06. The summed E-state index contributed by atoms with van der Waals surface area (Å²) in [5.74, 6) is 0.711. The van der Waals surface area contributed by atoms with Gasteiger partial charge in [-0.25, -0.2) is 0 Å². The number of alkyl halides is 3. The van der Waals surface area contributed by atoms with E-state index in [-0.39, 0.29) is 6.61 Å². The lowest BCUT2D eigenvalue weighted by Gasteiger charge is -2.12. The quantitative estimate of drug-likeness (QED) is 0.911. The summed E-state index contributed by atoms with van der Waals surface area (Å²) in [6, 6.07) is 12.5. The van der Waals surface area contributed by atoms with Crippen LogP contribution in [0.3, 0.4) is 0 Å². The van der Waals surface area contributed by atoms with Gasteiger partial charge in [0.1, 0.15) is 12.4 Å². The minimum absolute atomic E-state index is 0.222. The summed E-state index contributed by atoms with van der Waals surface area (Å²) in [7, 11) is 0. The van der Waals surface area contributed by atoms with Gasteiger partial charge >= 0.3 is 6.18 Å². The summed E-state index contributed by atoms with van der Waals surface area (Å²) in [4.78, 5) is 0. The van der Waals surface area contributed by atoms with Crippen LogP contribution in [0.2, 0.25) is 0 Å². The standard InChI is InChI=1S/C16H16F3NO/c17-16(18,19)14-7-5-12(6-8-14)11-21-15-4-2-1-3-13(15)9-10-20/h1-8H,9-11,20H2. The third kappa shape index (κ3) is 4.23. The van der Waals surface area contributed by atoms with Crippen LogP contribution in [0.5, 0.6) is 5.75 Å². The predicted molar refractivity (Wildman–Crippen MR) is 75.0 cm³/mol. The first-order valence-electron chi connectivity index (χ1n) is 6.57. The average molecular weight is 295 g/mol. The molecule has 2 aromatic rings. The Morgan fingerprint density at radius 2 is 1.62 bits per heavy atom. The average Bonchev–Trinajstić information content (AvgIpc) is 2.46. The summed E-state index contributed by atoms with van der Waals surface area (Å²) >= 11 is 0. The van der Waals surface area contributed by atoms with E-state index < -0.39 is 11.7 Å². The summed E-state index contributed by atoms with van der Waals surface area (Å²) in [5.41, 5.74) is 6.55. The molecule has 2 aromatic carbocycles. The van der Waals surface area contributed by atoms with Gasteiger partial charge in [0, 0.05) is 0 Å². The minimum atomic E-state index is -4.31. The summed E-state index contributed by atoms with van der Waals surface area (Å²) in [5, 5.41) is 0. The lowest BCUT2D eigenvalue weighted by Crippen LogP contribution is -2.06. The molecule has 0 aromatic heterocycles. The zero-order valence-electron chi connectivity index (χ0n) is 11.4. The van der Waals surface area contributed by atoms with Crippen LogP contribution < -0.4 is 10.5 Å². The van der Waals surface area contributed by atoms with Crippen molar-refractivity contribution < 1.29 is 17.9 Å². The lowest BCUT2D eigenvalue weighted by molar-refractivity contribution is -0.137. The highest BCUT2D eigenvalue weighted by atomic mass is 19.4. The first-order chi connectivity index (χ1) is 10.0. The number of ether oxygens (including phenoxy) is 1. The van der Waals surface area contributed by atoms with Crippen molar-refractivity contribution >= 4 is 0 Å². The van der Waals surface area contributed by atoms with Crippen LogP contribution >= 0.6 is 0 Å². The molecule has 2 N–H and O–H groups in total. The van der Waals surface area contributed by atoms with Crippen molar-refractivity contribution in [1.29, 1.82) is 0 Å². The first kappa shape index (κ1) is 15.4. The Hall–Kier alpha value is -2.01. The molecular formula is C16H16F3NO. The number of hydrogen-bond donors (Lipinski definition) is 1. The van der Waals surface area contributed by atoms with E-state index in [4.69, 9.17) is 10.5 Å². The topological polar surface area (TPSA) is 35.2 Å². The van der Waals surface area contributed by atoms with Gasteiger partial charge in [-0.15, -0.1) is 0 Å². The highest BCUT2D eigenvalue weighted by Gasteiger charge is 2.29. The number of para-hydroxylation sites is 1. The van der Waals surface area contributed by atoms with Crippen LogP contribution in [-0.2, 0) is 19.2 Å². The summed E-state index contributed by atoms with van der Waals surface area (Å²) < 4.78 is 43.1. The van der Waals surface area contributed by atoms with E-state index in [1.807, 2.05) is 24.3 Å². The molecule has 21 heavy (non-hydrogen) atoms. The SMILES string of the molecule is NCCc1ccccc1OCc1ccc(C(F)(F)F)cc1. The van der Waals surface area contributed by atoms with Gasteiger partial charge in [0.05, 0.1) is 5.56 Å². The van der Waals surface area contributed by atoms with Crippen LogP contribution in [-0.4, -0.2) is 6.54 Å². The minimum Gasteiger partial charge on any atom is -0.489 e. The number of halogens is 3. The molecular weight excluding hydrogens is 279 g/mol. The number of benzene rings is 2. The molecule has 5 heteroatoms. The van der Waals surface area contributed by atoms with Crippen LogP contribution in [0, 0.1) is 0 Å². The summed E-state index contributed by atoms with van der Waals surface area (Å²) in [6.07, 6.45) is -3.61. The van der Waals surface area contributed by atoms with Gasteiger partial charge in [-0.05, 0) is 42.3 Å². The van der Waals surface area contributed by atoms with E-state index in [9.17, 15) is 13.2 Å². The molecule has 0 bridgehead atoms. The Labute approximate surface area is 121 Å². The van der Waals surface area contributed by atoms with Crippen molar-refractivity contribution in [3.8, 4) is 5.75 Å². The Morgan fingerprint density at radius 1 is 0.952 bits per heavy atom. The van der Waals surface area contributed by atoms with E-state index in [2.05, 4.69) is 0 Å². The maximum atomic E-state index is 12.5. The molecule has 0 aliphatic carbocycles. The van der Waals surface area contributed by atoms with Crippen molar-refractivity contribution in [3.63, 3.8) is 0 Å². The Balaban J connectivity index is 2.03. The molecule has 112 valence electrons. The van der Waals surface area contributed by atoms with Crippen LogP contribution in [0.1, 0.15) is 16.7 Å². The Morgan fingerprint density at radius 3 is 2.24 bits per heavy atom. The second-order valence-corrected chi connectivity index (χ2v) is 4.63. The fraction of sp³-hybridized carbons (Fsp3) is 0.250. The molecule has 0 aliphatic heterocycles. The fourth-order valence-corrected chi connectivity index (χ4v) is 1.96. The van der Waals surface area contributed by atoms with Crippen molar-refractivity contribution in [2.75, 3.05) is 6.54 Å². The second-order valence-electron chi connectivity index (χ2n) is 4.63. The van der Waals surface area contributed by atoms with Crippen molar-refractivity contribution in [2.24, 2.45) is 5.73 Å². The normalized spacial score (nSPS) is 11.4. The molecule has 0 amide bonds. The van der Waals surface area contributed by atoms with E-state index in [1.165, 1.54) is 12.1 Å². The third-order valence-electron chi connectivity index (χ3n) is 3.06. The molecule has 0 saturated carbocycles. The number of nitrogens with two attached hydrogens (primary N) is 1. The van der Waals surface area contributed by atoms with Crippen LogP contribution in [0.25, 0.3) is 0 Å². The highest BCUT2D eigenvalue weighted by molar-refractivity contribution is 5.34. The molecule has 0 saturated heterocycles. The van der Waals surface area contributed by atoms with Gasteiger partial charge in [0.25, 0.3) is 0 Å². The van der Waals surface area contributed by atoms with E-state index in [0.29, 0.717) is 24.3 Å². The van der Waals surface area contributed by atoms with Gasteiger partial charge in [0.15, 0.2) is 0 Å². The van der Waals surface area contributed by atoms with Crippen molar-refractivity contribution in [3.05, 3.63) is 65.2 Å². The smallest absolute Gasteiger partial charge is 0.416 e. The van der Waals surface area contributed by atoms with Crippen molar-refractivity contribution in [1.82, 2.24) is 0 Å². The van der Waals surface area contributed by atoms with E-state index in [1.54, 1.807) is 0 Å². The number of rotatable bonds is 5. The number of hydrogen-bond acceptors (Lipinski definition) is 2. The molecule has 0 atom stereocenters. The Kier molecular flexibility index (Phi) is 4.85. The van der Waals surface area contributed by atoms with Gasteiger partial charge in [0.2, 0.25) is 0 Å². The molecule has 0 spiro atoms. The molecule has 0 heterocycles. The van der Waals surface area contributed by atoms with Gasteiger partial charge in [-0.3, -0.25) is 0 Å². The van der Waals surface area contributed by atoms with E-state index in [0.717, 1.165) is 17.7 Å². The lowest BCUT2D eigenvalue weighted by atomic mass is 10.1. The van der Waals surface area contributed by atoms with Crippen LogP contribution in [0.15, 0.2) is 48.5 Å². The van der Waals surface area contributed by atoms with Crippen molar-refractivity contribution in [2.45, 2.75) is 19.2 Å². The molecule has 2 nitrogen and oxygen atoms in total. The largest absolute Gasteiger partial charge is 0.489 e. The maximum Gasteiger partial charge on any atom is 0.416 e. The molecule has 0 fully saturated rings. The first-order valence-corrected chi connectivity index (χ1v) is 6.57. The zero-order chi connectivity index (χ0) is 15.3. The molecule has 0 aliphatic rings. The maximum absolute atomic E-state index is 12.5. The van der Waals surface area contributed by atoms with Crippen LogP contribution in [0.4, 0.5) is 13.2 Å². The molecule has 2 rings (SSSR count). The summed E-state index contributed by atoms with van der Waals surface area (Å²) in [6.45, 7) is 0.736. The zero-order valence-corrected chi connectivity index (χ0v) is 11.4. The molecule has 0 unspecified atom stereocenters. The Bertz CT molecular complexity index is 579. The second kappa shape index (κ2) is 6.63.